The van der Waals surface area contributed by atoms with Gasteiger partial charge < -0.3 is 10.4 Å². The molecule has 0 aliphatic heterocycles. The predicted molar refractivity (Wildman–Crippen MR) is 63.6 cm³/mol. The second-order valence-electron chi connectivity index (χ2n) is 3.72. The number of carbonyl (C=O) groups is 1. The molecule has 1 aromatic heterocycles. The van der Waals surface area contributed by atoms with Crippen molar-refractivity contribution in [3.05, 3.63) is 47.3 Å². The van der Waals surface area contributed by atoms with Crippen LogP contribution in [0, 0.1) is 6.92 Å². The van der Waals surface area contributed by atoms with Crippen molar-refractivity contribution in [2.24, 2.45) is 0 Å². The van der Waals surface area contributed by atoms with E-state index in [-0.39, 0.29) is 12.5 Å². The highest BCUT2D eigenvalue weighted by molar-refractivity contribution is 6.04. The number of aliphatic hydroxyl groups is 1. The summed E-state index contributed by atoms with van der Waals surface area (Å²) in [5.74, 6) is -0.216. The Morgan fingerprint density at radius 3 is 3.00 bits per heavy atom. The van der Waals surface area contributed by atoms with Gasteiger partial charge in [0.1, 0.15) is 0 Å². The van der Waals surface area contributed by atoms with Crippen LogP contribution in [0.25, 0.3) is 0 Å². The highest BCUT2D eigenvalue weighted by atomic mass is 16.3. The number of hydrogen-bond donors (Lipinski definition) is 3. The molecule has 5 heteroatoms. The second kappa shape index (κ2) is 4.80. The maximum absolute atomic E-state index is 11.9. The predicted octanol–water partition coefficient (Wildman–Crippen LogP) is 1.46. The van der Waals surface area contributed by atoms with E-state index in [1.165, 1.54) is 6.20 Å². The van der Waals surface area contributed by atoms with Gasteiger partial charge in [0.05, 0.1) is 18.4 Å². The molecule has 1 heterocycles. The third-order valence-corrected chi connectivity index (χ3v) is 2.44. The number of H-pyrrole nitrogens is 1. The largest absolute Gasteiger partial charge is 0.392 e. The summed E-state index contributed by atoms with van der Waals surface area (Å²) in [5.41, 5.74) is 2.65. The van der Waals surface area contributed by atoms with Crippen molar-refractivity contribution in [1.82, 2.24) is 10.2 Å². The molecule has 0 saturated carbocycles. The van der Waals surface area contributed by atoms with Crippen molar-refractivity contribution in [3.63, 3.8) is 0 Å². The fraction of sp³-hybridized carbons (Fsp3) is 0.167. The number of aryl methyl sites for hydroxylation is 1. The minimum Gasteiger partial charge on any atom is -0.392 e. The highest BCUT2D eigenvalue weighted by Crippen LogP contribution is 2.13. The number of anilines is 1. The van der Waals surface area contributed by atoms with Crippen LogP contribution in [0.3, 0.4) is 0 Å². The number of rotatable bonds is 3. The van der Waals surface area contributed by atoms with Crippen molar-refractivity contribution >= 4 is 11.6 Å². The molecule has 0 aliphatic rings. The van der Waals surface area contributed by atoms with Crippen LogP contribution in [0.15, 0.2) is 30.5 Å². The summed E-state index contributed by atoms with van der Waals surface area (Å²) in [6.45, 7) is 1.74. The van der Waals surface area contributed by atoms with Gasteiger partial charge in [0.2, 0.25) is 0 Å². The van der Waals surface area contributed by atoms with Gasteiger partial charge in [-0.25, -0.2) is 0 Å². The SMILES string of the molecule is Cc1[nH]ncc1C(=O)Nc1cccc(CO)c1. The lowest BCUT2D eigenvalue weighted by Gasteiger charge is -2.05. The molecule has 0 unspecified atom stereocenters. The number of benzene rings is 1. The lowest BCUT2D eigenvalue weighted by atomic mass is 10.2. The van der Waals surface area contributed by atoms with Crippen LogP contribution in [0.5, 0.6) is 0 Å². The number of aliphatic hydroxyl groups excluding tert-OH is 1. The van der Waals surface area contributed by atoms with Crippen LogP contribution < -0.4 is 5.32 Å². The second-order valence-corrected chi connectivity index (χ2v) is 3.72. The van der Waals surface area contributed by atoms with Crippen LogP contribution in [0.1, 0.15) is 21.6 Å². The fourth-order valence-electron chi connectivity index (χ4n) is 1.53. The lowest BCUT2D eigenvalue weighted by molar-refractivity contribution is 0.102. The molecule has 17 heavy (non-hydrogen) atoms. The first kappa shape index (κ1) is 11.3. The van der Waals surface area contributed by atoms with Crippen molar-refractivity contribution in [2.45, 2.75) is 13.5 Å². The summed E-state index contributed by atoms with van der Waals surface area (Å²) in [7, 11) is 0. The Morgan fingerprint density at radius 1 is 1.53 bits per heavy atom. The number of nitrogens with zero attached hydrogens (tertiary/aromatic N) is 1. The lowest BCUT2D eigenvalue weighted by Crippen LogP contribution is -2.12. The Kier molecular flexibility index (Phi) is 3.20. The van der Waals surface area contributed by atoms with Crippen LogP contribution in [0.2, 0.25) is 0 Å². The smallest absolute Gasteiger partial charge is 0.259 e. The Morgan fingerprint density at radius 2 is 2.35 bits per heavy atom. The van der Waals surface area contributed by atoms with E-state index in [2.05, 4.69) is 15.5 Å². The molecule has 0 radical (unpaired) electrons. The molecule has 1 aromatic carbocycles. The molecule has 2 rings (SSSR count). The summed E-state index contributed by atoms with van der Waals surface area (Å²) in [5, 5.41) is 18.2. The van der Waals surface area contributed by atoms with E-state index in [0.29, 0.717) is 11.3 Å². The summed E-state index contributed by atoms with van der Waals surface area (Å²) in [4.78, 5) is 11.9. The molecule has 88 valence electrons. The van der Waals surface area contributed by atoms with E-state index in [1.807, 2.05) is 0 Å². The number of aromatic nitrogens is 2. The van der Waals surface area contributed by atoms with Gasteiger partial charge in [-0.1, -0.05) is 12.1 Å². The van der Waals surface area contributed by atoms with Gasteiger partial charge in [-0.15, -0.1) is 0 Å². The van der Waals surface area contributed by atoms with Crippen molar-refractivity contribution in [1.29, 1.82) is 0 Å². The van der Waals surface area contributed by atoms with Gasteiger partial charge >= 0.3 is 0 Å². The van der Waals surface area contributed by atoms with Gasteiger partial charge in [-0.3, -0.25) is 9.89 Å². The monoisotopic (exact) mass is 231 g/mol. The third kappa shape index (κ3) is 2.51. The normalized spacial score (nSPS) is 10.2. The number of carbonyl (C=O) groups excluding carboxylic acids is 1. The third-order valence-electron chi connectivity index (χ3n) is 2.44. The van der Waals surface area contributed by atoms with Gasteiger partial charge in [-0.2, -0.15) is 5.10 Å². The number of hydrogen-bond acceptors (Lipinski definition) is 3. The molecular weight excluding hydrogens is 218 g/mol. The molecule has 5 nitrogen and oxygen atoms in total. The maximum Gasteiger partial charge on any atom is 0.259 e. The van der Waals surface area contributed by atoms with E-state index >= 15 is 0 Å². The first-order chi connectivity index (χ1) is 8.20. The summed E-state index contributed by atoms with van der Waals surface area (Å²) < 4.78 is 0. The first-order valence-corrected chi connectivity index (χ1v) is 5.22. The molecule has 2 aromatic rings. The average Bonchev–Trinajstić information content (AvgIpc) is 2.76. The summed E-state index contributed by atoms with van der Waals surface area (Å²) in [6.07, 6.45) is 1.49. The van der Waals surface area contributed by atoms with E-state index in [0.717, 1.165) is 11.3 Å². The molecule has 0 spiro atoms. The molecule has 0 saturated heterocycles. The van der Waals surface area contributed by atoms with Gasteiger partial charge in [0.25, 0.3) is 5.91 Å². The molecule has 3 N–H and O–H groups in total. The van der Waals surface area contributed by atoms with Gasteiger partial charge in [-0.05, 0) is 24.6 Å². The molecule has 0 fully saturated rings. The maximum atomic E-state index is 11.9. The number of aromatic amines is 1. The first-order valence-electron chi connectivity index (χ1n) is 5.22. The van der Waals surface area contributed by atoms with Gasteiger partial charge in [0.15, 0.2) is 0 Å². The zero-order valence-electron chi connectivity index (χ0n) is 9.40. The van der Waals surface area contributed by atoms with E-state index < -0.39 is 0 Å². The van der Waals surface area contributed by atoms with Gasteiger partial charge in [0, 0.05) is 11.4 Å². The minimum absolute atomic E-state index is 0.0472. The number of amides is 1. The van der Waals surface area contributed by atoms with E-state index in [4.69, 9.17) is 5.11 Å². The van der Waals surface area contributed by atoms with Crippen LogP contribution in [-0.4, -0.2) is 21.2 Å². The molecule has 1 amide bonds. The zero-order valence-corrected chi connectivity index (χ0v) is 9.40. The van der Waals surface area contributed by atoms with E-state index in [9.17, 15) is 4.79 Å². The molecular formula is C12H13N3O2. The topological polar surface area (TPSA) is 78.0 Å². The molecule has 0 bridgehead atoms. The standard InChI is InChI=1S/C12H13N3O2/c1-8-11(6-13-15-8)12(17)14-10-4-2-3-9(5-10)7-16/h2-6,16H,7H2,1H3,(H,13,15)(H,14,17). The fourth-order valence-corrected chi connectivity index (χ4v) is 1.53. The summed E-state index contributed by atoms with van der Waals surface area (Å²) >= 11 is 0. The Labute approximate surface area is 98.5 Å². The van der Waals surface area contributed by atoms with Crippen molar-refractivity contribution < 1.29 is 9.90 Å². The number of nitrogens with one attached hydrogen (secondary N) is 2. The molecule has 0 atom stereocenters. The van der Waals surface area contributed by atoms with Crippen molar-refractivity contribution in [2.75, 3.05) is 5.32 Å². The average molecular weight is 231 g/mol. The van der Waals surface area contributed by atoms with Crippen LogP contribution in [0.4, 0.5) is 5.69 Å². The zero-order chi connectivity index (χ0) is 12.3. The van der Waals surface area contributed by atoms with Crippen LogP contribution >= 0.6 is 0 Å². The Hall–Kier alpha value is -2.14. The minimum atomic E-state index is -0.216. The summed E-state index contributed by atoms with van der Waals surface area (Å²) in [6, 6.07) is 7.07. The Bertz CT molecular complexity index is 534. The highest BCUT2D eigenvalue weighted by Gasteiger charge is 2.10. The Balaban J connectivity index is 2.16. The quantitative estimate of drug-likeness (QED) is 0.748. The molecule has 0 aliphatic carbocycles. The van der Waals surface area contributed by atoms with Crippen molar-refractivity contribution in [3.8, 4) is 0 Å². The van der Waals surface area contributed by atoms with Crippen LogP contribution in [-0.2, 0) is 6.61 Å². The van der Waals surface area contributed by atoms with E-state index in [1.54, 1.807) is 31.2 Å².